The van der Waals surface area contributed by atoms with Crippen molar-refractivity contribution in [2.75, 3.05) is 0 Å². The molecule has 0 aliphatic heterocycles. The highest BCUT2D eigenvalue weighted by Gasteiger charge is 2.52. The van der Waals surface area contributed by atoms with Crippen molar-refractivity contribution < 1.29 is 0 Å². The van der Waals surface area contributed by atoms with Crippen molar-refractivity contribution in [1.29, 1.82) is 0 Å². The molecule has 1 aromatic carbocycles. The van der Waals surface area contributed by atoms with Crippen LogP contribution in [0.5, 0.6) is 0 Å². The second-order valence-corrected chi connectivity index (χ2v) is 9.16. The summed E-state index contributed by atoms with van der Waals surface area (Å²) in [5.41, 5.74) is 1.12. The first-order valence-electron chi connectivity index (χ1n) is 8.67. The molecule has 0 radical (unpaired) electrons. The van der Waals surface area contributed by atoms with Crippen molar-refractivity contribution in [3.63, 3.8) is 0 Å². The third-order valence-corrected chi connectivity index (χ3v) is 7.34. The van der Waals surface area contributed by atoms with E-state index in [9.17, 15) is 0 Å². The minimum Gasteiger partial charge on any atom is -0.294 e. The second kappa shape index (κ2) is 5.33. The van der Waals surface area contributed by atoms with Crippen LogP contribution in [0.4, 0.5) is 0 Å². The monoisotopic (exact) mass is 379 g/mol. The zero-order valence-electron chi connectivity index (χ0n) is 13.3. The molecule has 4 saturated carbocycles. The van der Waals surface area contributed by atoms with Crippen LogP contribution in [0.15, 0.2) is 18.2 Å². The molecule has 6 heteroatoms. The molecular formula is C18H19Cl2N3S. The Kier molecular flexibility index (Phi) is 3.42. The van der Waals surface area contributed by atoms with E-state index in [4.69, 9.17) is 35.4 Å². The average Bonchev–Trinajstić information content (AvgIpc) is 2.91. The maximum atomic E-state index is 6.24. The molecule has 1 heterocycles. The molecule has 0 unspecified atom stereocenters. The Morgan fingerprint density at radius 3 is 2.25 bits per heavy atom. The molecule has 0 amide bonds. The van der Waals surface area contributed by atoms with E-state index >= 15 is 0 Å². The van der Waals surface area contributed by atoms with Crippen LogP contribution >= 0.6 is 35.4 Å². The zero-order chi connectivity index (χ0) is 16.5. The lowest BCUT2D eigenvalue weighted by molar-refractivity contribution is -0.0430. The lowest BCUT2D eigenvalue weighted by Gasteiger charge is -2.57. The quantitative estimate of drug-likeness (QED) is 0.664. The molecule has 1 aromatic heterocycles. The molecule has 24 heavy (non-hydrogen) atoms. The van der Waals surface area contributed by atoms with Crippen molar-refractivity contribution in [3.8, 4) is 11.4 Å². The third-order valence-electron chi connectivity index (χ3n) is 6.33. The highest BCUT2D eigenvalue weighted by molar-refractivity contribution is 7.71. The fourth-order valence-corrected chi connectivity index (χ4v) is 6.53. The summed E-state index contributed by atoms with van der Waals surface area (Å²) in [5, 5.41) is 8.71. The van der Waals surface area contributed by atoms with Gasteiger partial charge in [-0.25, -0.2) is 0 Å². The van der Waals surface area contributed by atoms with Crippen LogP contribution in [-0.2, 0) is 5.54 Å². The van der Waals surface area contributed by atoms with Crippen LogP contribution in [-0.4, -0.2) is 14.8 Å². The Bertz CT molecular complexity index is 834. The van der Waals surface area contributed by atoms with Gasteiger partial charge >= 0.3 is 0 Å². The fourth-order valence-electron chi connectivity index (χ4n) is 5.90. The summed E-state index contributed by atoms with van der Waals surface area (Å²) in [5.74, 6) is 3.47. The SMILES string of the molecule is S=c1[nH]nc(-c2ccc(Cl)c(Cl)c2)n1C12CC3CC(CC(C3)C1)C2. The van der Waals surface area contributed by atoms with E-state index in [1.54, 1.807) is 0 Å². The summed E-state index contributed by atoms with van der Waals surface area (Å²) in [6.07, 6.45) is 7.94. The number of aromatic amines is 1. The first-order chi connectivity index (χ1) is 11.5. The van der Waals surface area contributed by atoms with Crippen molar-refractivity contribution in [2.24, 2.45) is 17.8 Å². The fraction of sp³-hybridized carbons (Fsp3) is 0.556. The van der Waals surface area contributed by atoms with Gasteiger partial charge in [-0.05, 0) is 86.7 Å². The van der Waals surface area contributed by atoms with Gasteiger partial charge in [-0.15, -0.1) is 0 Å². The highest BCUT2D eigenvalue weighted by atomic mass is 35.5. The largest absolute Gasteiger partial charge is 0.294 e. The molecule has 4 bridgehead atoms. The molecule has 4 aliphatic rings. The van der Waals surface area contributed by atoms with Gasteiger partial charge in [0.25, 0.3) is 0 Å². The summed E-state index contributed by atoms with van der Waals surface area (Å²) >= 11 is 18.0. The Morgan fingerprint density at radius 1 is 1.04 bits per heavy atom. The van der Waals surface area contributed by atoms with Crippen LogP contribution in [0.25, 0.3) is 11.4 Å². The van der Waals surface area contributed by atoms with Crippen molar-refractivity contribution >= 4 is 35.4 Å². The van der Waals surface area contributed by atoms with E-state index in [0.717, 1.165) is 33.9 Å². The van der Waals surface area contributed by atoms with Gasteiger partial charge in [0.1, 0.15) is 0 Å². The first-order valence-corrected chi connectivity index (χ1v) is 9.84. The number of nitrogens with zero attached hydrogens (tertiary/aromatic N) is 2. The molecular weight excluding hydrogens is 361 g/mol. The molecule has 0 atom stereocenters. The Hall–Kier alpha value is -0.840. The first kappa shape index (κ1) is 15.4. The number of H-pyrrole nitrogens is 1. The van der Waals surface area contributed by atoms with Crippen LogP contribution < -0.4 is 0 Å². The van der Waals surface area contributed by atoms with Gasteiger partial charge in [-0.1, -0.05) is 23.2 Å². The summed E-state index contributed by atoms with van der Waals surface area (Å²) in [6.45, 7) is 0. The number of hydrogen-bond donors (Lipinski definition) is 1. The van der Waals surface area contributed by atoms with E-state index in [2.05, 4.69) is 14.8 Å². The Balaban J connectivity index is 1.66. The molecule has 3 nitrogen and oxygen atoms in total. The normalized spacial score (nSPS) is 34.0. The number of hydrogen-bond acceptors (Lipinski definition) is 2. The smallest absolute Gasteiger partial charge is 0.195 e. The third kappa shape index (κ3) is 2.23. The summed E-state index contributed by atoms with van der Waals surface area (Å²) in [7, 11) is 0. The van der Waals surface area contributed by atoms with Crippen molar-refractivity contribution in [2.45, 2.75) is 44.1 Å². The molecule has 6 rings (SSSR count). The van der Waals surface area contributed by atoms with Crippen LogP contribution in [0.1, 0.15) is 38.5 Å². The van der Waals surface area contributed by atoms with Crippen LogP contribution in [0, 0.1) is 22.5 Å². The molecule has 4 fully saturated rings. The maximum absolute atomic E-state index is 6.24. The summed E-state index contributed by atoms with van der Waals surface area (Å²) in [4.78, 5) is 0. The van der Waals surface area contributed by atoms with E-state index in [-0.39, 0.29) is 5.54 Å². The molecule has 1 N–H and O–H groups in total. The van der Waals surface area contributed by atoms with E-state index in [1.807, 2.05) is 18.2 Å². The van der Waals surface area contributed by atoms with Gasteiger partial charge in [-0.2, -0.15) is 5.10 Å². The van der Waals surface area contributed by atoms with Crippen molar-refractivity contribution in [1.82, 2.24) is 14.8 Å². The second-order valence-electron chi connectivity index (χ2n) is 7.96. The van der Waals surface area contributed by atoms with Crippen LogP contribution in [0.2, 0.25) is 10.0 Å². The van der Waals surface area contributed by atoms with Gasteiger partial charge < -0.3 is 0 Å². The Morgan fingerprint density at radius 2 is 1.67 bits per heavy atom. The highest BCUT2D eigenvalue weighted by Crippen LogP contribution is 2.59. The van der Waals surface area contributed by atoms with E-state index in [1.165, 1.54) is 38.5 Å². The predicted octanol–water partition coefficient (Wildman–Crippen LogP) is 5.84. The van der Waals surface area contributed by atoms with Gasteiger partial charge in [-0.3, -0.25) is 9.67 Å². The standard InChI is InChI=1S/C18H19Cl2N3S/c19-14-2-1-13(6-15(14)20)16-21-22-17(24)23(16)18-7-10-3-11(8-18)5-12(4-10)9-18/h1-2,6,10-12H,3-5,7-9H2,(H,22,24). The molecule has 2 aromatic rings. The minimum atomic E-state index is 0.139. The molecule has 0 saturated heterocycles. The summed E-state index contributed by atoms with van der Waals surface area (Å²) in [6, 6.07) is 5.71. The van der Waals surface area contributed by atoms with Gasteiger partial charge in [0.05, 0.1) is 10.0 Å². The Labute approximate surface area is 156 Å². The average molecular weight is 380 g/mol. The lowest BCUT2D eigenvalue weighted by atomic mass is 9.53. The molecule has 4 aliphatic carbocycles. The van der Waals surface area contributed by atoms with Crippen molar-refractivity contribution in [3.05, 3.63) is 33.0 Å². The van der Waals surface area contributed by atoms with Crippen LogP contribution in [0.3, 0.4) is 0 Å². The van der Waals surface area contributed by atoms with Gasteiger partial charge in [0.15, 0.2) is 10.6 Å². The number of rotatable bonds is 2. The minimum absolute atomic E-state index is 0.139. The maximum Gasteiger partial charge on any atom is 0.195 e. The number of benzene rings is 1. The number of aromatic nitrogens is 3. The lowest BCUT2D eigenvalue weighted by Crippen LogP contribution is -2.52. The molecule has 0 spiro atoms. The molecule has 126 valence electrons. The van der Waals surface area contributed by atoms with Gasteiger partial charge in [0, 0.05) is 11.1 Å². The van der Waals surface area contributed by atoms with Gasteiger partial charge in [0.2, 0.25) is 0 Å². The van der Waals surface area contributed by atoms with E-state index < -0.39 is 0 Å². The topological polar surface area (TPSA) is 33.6 Å². The zero-order valence-corrected chi connectivity index (χ0v) is 15.6. The summed E-state index contributed by atoms with van der Waals surface area (Å²) < 4.78 is 3.05. The number of nitrogens with one attached hydrogen (secondary N) is 1. The number of halogens is 2. The van der Waals surface area contributed by atoms with E-state index in [0.29, 0.717) is 10.0 Å². The predicted molar refractivity (Wildman–Crippen MR) is 99.0 cm³/mol.